The molecule has 0 heterocycles. The first-order valence-electron chi connectivity index (χ1n) is 8.13. The number of amides is 2. The van der Waals surface area contributed by atoms with Gasteiger partial charge in [-0.3, -0.25) is 9.59 Å². The van der Waals surface area contributed by atoms with Crippen molar-refractivity contribution >= 4 is 17.5 Å². The van der Waals surface area contributed by atoms with Gasteiger partial charge in [0.1, 0.15) is 12.3 Å². The lowest BCUT2D eigenvalue weighted by atomic mass is 10.2. The summed E-state index contributed by atoms with van der Waals surface area (Å²) in [6.45, 7) is 2.07. The van der Waals surface area contributed by atoms with Gasteiger partial charge in [0.15, 0.2) is 6.10 Å². The number of carbonyl (C=O) groups is 2. The molecule has 1 atom stereocenters. The first kappa shape index (κ1) is 20.3. The average Bonchev–Trinajstić information content (AvgIpc) is 2.61. The zero-order valence-electron chi connectivity index (χ0n) is 14.8. The molecule has 2 aromatic carbocycles. The second kappa shape index (κ2) is 8.57. The normalized spacial score (nSPS) is 12.2. The maximum Gasteiger partial charge on any atom is 0.405 e. The van der Waals surface area contributed by atoms with E-state index in [9.17, 15) is 22.8 Å². The van der Waals surface area contributed by atoms with Crippen molar-refractivity contribution in [1.29, 1.82) is 0 Å². The molecule has 27 heavy (non-hydrogen) atoms. The van der Waals surface area contributed by atoms with E-state index in [4.69, 9.17) is 4.74 Å². The number of aryl methyl sites for hydroxylation is 1. The summed E-state index contributed by atoms with van der Waals surface area (Å²) in [5.41, 5.74) is 1.34. The number of halogens is 3. The van der Waals surface area contributed by atoms with Crippen LogP contribution in [0, 0.1) is 6.92 Å². The Morgan fingerprint density at radius 2 is 1.78 bits per heavy atom. The number of anilines is 1. The molecular formula is C19H19F3N2O3. The number of rotatable bonds is 6. The lowest BCUT2D eigenvalue weighted by molar-refractivity contribution is -0.123. The fourth-order valence-electron chi connectivity index (χ4n) is 2.14. The molecular weight excluding hydrogens is 361 g/mol. The Labute approximate surface area is 154 Å². The Morgan fingerprint density at radius 1 is 1.11 bits per heavy atom. The summed E-state index contributed by atoms with van der Waals surface area (Å²) in [5, 5.41) is 4.35. The molecule has 144 valence electrons. The number of alkyl halides is 3. The molecule has 0 fully saturated rings. The van der Waals surface area contributed by atoms with Gasteiger partial charge in [-0.2, -0.15) is 13.2 Å². The zero-order valence-corrected chi connectivity index (χ0v) is 14.8. The average molecular weight is 380 g/mol. The molecule has 0 saturated carbocycles. The highest BCUT2D eigenvalue weighted by Crippen LogP contribution is 2.16. The van der Waals surface area contributed by atoms with E-state index in [0.29, 0.717) is 5.75 Å². The molecule has 2 rings (SSSR count). The minimum Gasteiger partial charge on any atom is -0.481 e. The van der Waals surface area contributed by atoms with Crippen LogP contribution in [0.25, 0.3) is 0 Å². The standard InChI is InChI=1S/C19H19F3N2O3/c1-12-6-8-16(9-7-12)27-13(2)17(25)24-15-5-3-4-14(10-15)18(26)23-11-19(20,21)22/h3-10,13H,11H2,1-2H3,(H,23,26)(H,24,25)/t13-/m1/s1. The van der Waals surface area contributed by atoms with Gasteiger partial charge in [-0.15, -0.1) is 0 Å². The molecule has 0 radical (unpaired) electrons. The van der Waals surface area contributed by atoms with Crippen molar-refractivity contribution in [3.63, 3.8) is 0 Å². The van der Waals surface area contributed by atoms with Crippen LogP contribution in [0.2, 0.25) is 0 Å². The summed E-state index contributed by atoms with van der Waals surface area (Å²) in [7, 11) is 0. The maximum absolute atomic E-state index is 12.2. The molecule has 0 saturated heterocycles. The van der Waals surface area contributed by atoms with Gasteiger partial charge < -0.3 is 15.4 Å². The molecule has 0 bridgehead atoms. The monoisotopic (exact) mass is 380 g/mol. The molecule has 8 heteroatoms. The molecule has 2 N–H and O–H groups in total. The Morgan fingerprint density at radius 3 is 2.41 bits per heavy atom. The van der Waals surface area contributed by atoms with E-state index in [2.05, 4.69) is 5.32 Å². The molecule has 0 spiro atoms. The van der Waals surface area contributed by atoms with Crippen LogP contribution in [0.1, 0.15) is 22.8 Å². The van der Waals surface area contributed by atoms with E-state index < -0.39 is 30.6 Å². The molecule has 0 aromatic heterocycles. The van der Waals surface area contributed by atoms with Crippen molar-refractivity contribution in [3.8, 4) is 5.75 Å². The zero-order chi connectivity index (χ0) is 20.0. The number of nitrogens with one attached hydrogen (secondary N) is 2. The summed E-state index contributed by atoms with van der Waals surface area (Å²) >= 11 is 0. The molecule has 0 aliphatic heterocycles. The third-order valence-corrected chi connectivity index (χ3v) is 3.54. The molecule has 2 amide bonds. The van der Waals surface area contributed by atoms with Crippen LogP contribution in [0.3, 0.4) is 0 Å². The van der Waals surface area contributed by atoms with Crippen LogP contribution in [0.15, 0.2) is 48.5 Å². The van der Waals surface area contributed by atoms with Crippen LogP contribution in [-0.2, 0) is 4.79 Å². The molecule has 5 nitrogen and oxygen atoms in total. The predicted octanol–water partition coefficient (Wildman–Crippen LogP) is 3.69. The van der Waals surface area contributed by atoms with E-state index in [1.807, 2.05) is 19.1 Å². The first-order chi connectivity index (χ1) is 12.6. The second-order valence-electron chi connectivity index (χ2n) is 5.94. The Balaban J connectivity index is 1.97. The number of ether oxygens (including phenoxy) is 1. The fourth-order valence-corrected chi connectivity index (χ4v) is 2.14. The van der Waals surface area contributed by atoms with Crippen molar-refractivity contribution in [2.75, 3.05) is 11.9 Å². The van der Waals surface area contributed by atoms with Crippen molar-refractivity contribution in [2.24, 2.45) is 0 Å². The second-order valence-corrected chi connectivity index (χ2v) is 5.94. The van der Waals surface area contributed by atoms with Crippen molar-refractivity contribution in [2.45, 2.75) is 26.1 Å². The van der Waals surface area contributed by atoms with Gasteiger partial charge in [0.2, 0.25) is 0 Å². The van der Waals surface area contributed by atoms with Crippen molar-refractivity contribution < 1.29 is 27.5 Å². The van der Waals surface area contributed by atoms with Crippen LogP contribution < -0.4 is 15.4 Å². The summed E-state index contributed by atoms with van der Waals surface area (Å²) in [6, 6.07) is 12.8. The van der Waals surface area contributed by atoms with E-state index in [0.717, 1.165) is 5.56 Å². The highest BCUT2D eigenvalue weighted by molar-refractivity contribution is 5.98. The van der Waals surface area contributed by atoms with E-state index in [1.54, 1.807) is 24.4 Å². The number of hydrogen-bond acceptors (Lipinski definition) is 3. The van der Waals surface area contributed by atoms with Gasteiger partial charge in [-0.05, 0) is 44.2 Å². The van der Waals surface area contributed by atoms with E-state index >= 15 is 0 Å². The Bertz CT molecular complexity index is 805. The van der Waals surface area contributed by atoms with Gasteiger partial charge in [-0.25, -0.2) is 0 Å². The minimum absolute atomic E-state index is 0.00385. The van der Waals surface area contributed by atoms with Crippen molar-refractivity contribution in [1.82, 2.24) is 5.32 Å². The van der Waals surface area contributed by atoms with E-state index in [1.165, 1.54) is 24.3 Å². The first-order valence-corrected chi connectivity index (χ1v) is 8.13. The van der Waals surface area contributed by atoms with Crippen LogP contribution in [0.4, 0.5) is 18.9 Å². The van der Waals surface area contributed by atoms with Gasteiger partial charge in [0, 0.05) is 11.3 Å². The van der Waals surface area contributed by atoms with Crippen LogP contribution >= 0.6 is 0 Å². The lowest BCUT2D eigenvalue weighted by Gasteiger charge is -2.15. The van der Waals surface area contributed by atoms with Crippen LogP contribution in [-0.4, -0.2) is 30.6 Å². The minimum atomic E-state index is -4.50. The third-order valence-electron chi connectivity index (χ3n) is 3.54. The molecule has 2 aromatic rings. The fraction of sp³-hybridized carbons (Fsp3) is 0.263. The van der Waals surface area contributed by atoms with Gasteiger partial charge in [0.25, 0.3) is 11.8 Å². The Hall–Kier alpha value is -3.03. The van der Waals surface area contributed by atoms with Gasteiger partial charge >= 0.3 is 6.18 Å². The largest absolute Gasteiger partial charge is 0.481 e. The number of hydrogen-bond donors (Lipinski definition) is 2. The molecule has 0 aliphatic carbocycles. The lowest BCUT2D eigenvalue weighted by Crippen LogP contribution is -2.34. The van der Waals surface area contributed by atoms with Crippen molar-refractivity contribution in [3.05, 3.63) is 59.7 Å². The molecule has 0 unspecified atom stereocenters. The summed E-state index contributed by atoms with van der Waals surface area (Å²) in [6.07, 6.45) is -5.31. The highest BCUT2D eigenvalue weighted by Gasteiger charge is 2.28. The smallest absolute Gasteiger partial charge is 0.405 e. The predicted molar refractivity (Wildman–Crippen MR) is 94.7 cm³/mol. The Kier molecular flexibility index (Phi) is 6.44. The maximum atomic E-state index is 12.2. The SMILES string of the molecule is Cc1ccc(O[C@H](C)C(=O)Nc2cccc(C(=O)NCC(F)(F)F)c2)cc1. The van der Waals surface area contributed by atoms with E-state index in [-0.39, 0.29) is 11.3 Å². The van der Waals surface area contributed by atoms with Gasteiger partial charge in [0.05, 0.1) is 0 Å². The molecule has 0 aliphatic rings. The highest BCUT2D eigenvalue weighted by atomic mass is 19.4. The summed E-state index contributed by atoms with van der Waals surface area (Å²) in [4.78, 5) is 24.0. The van der Waals surface area contributed by atoms with Gasteiger partial charge in [-0.1, -0.05) is 23.8 Å². The topological polar surface area (TPSA) is 67.4 Å². The number of carbonyl (C=O) groups excluding carboxylic acids is 2. The third kappa shape index (κ3) is 6.65. The quantitative estimate of drug-likeness (QED) is 0.803. The summed E-state index contributed by atoms with van der Waals surface area (Å²) in [5.74, 6) is -0.806. The summed E-state index contributed by atoms with van der Waals surface area (Å²) < 4.78 is 42.1. The number of benzene rings is 2. The van der Waals surface area contributed by atoms with Crippen LogP contribution in [0.5, 0.6) is 5.75 Å².